The van der Waals surface area contributed by atoms with Gasteiger partial charge in [0.15, 0.2) is 11.5 Å². The Hall–Kier alpha value is -3.48. The van der Waals surface area contributed by atoms with E-state index in [4.69, 9.17) is 9.47 Å². The van der Waals surface area contributed by atoms with Gasteiger partial charge in [0.05, 0.1) is 24.8 Å². The zero-order valence-corrected chi connectivity index (χ0v) is 16.0. The molecule has 0 radical (unpaired) electrons. The molecular weight excluding hydrogens is 358 g/mol. The number of amides is 1. The van der Waals surface area contributed by atoms with Crippen LogP contribution in [0.2, 0.25) is 0 Å². The van der Waals surface area contributed by atoms with E-state index in [-0.39, 0.29) is 11.6 Å². The molecule has 0 fully saturated rings. The first-order chi connectivity index (χ1) is 13.4. The third-order valence-electron chi connectivity index (χ3n) is 3.97. The number of anilines is 1. The molecule has 1 heterocycles. The van der Waals surface area contributed by atoms with E-state index in [1.165, 1.54) is 6.08 Å². The first kappa shape index (κ1) is 19.3. The van der Waals surface area contributed by atoms with Gasteiger partial charge in [-0.2, -0.15) is 0 Å². The van der Waals surface area contributed by atoms with Gasteiger partial charge in [0.25, 0.3) is 0 Å². The standard InChI is InChI=1S/C21H23N3O4/c1-13(2)12-28-18-8-4-14(10-19(18)27-3)5-9-20(25)22-15-6-7-16-17(11-15)24-21(26)23-16/h4-11,13H,12H2,1-3H3,(H,22,25)(H2,23,24,26)/b9-5+. The summed E-state index contributed by atoms with van der Waals surface area (Å²) in [6.07, 6.45) is 3.13. The molecular formula is C21H23N3O4. The molecule has 1 aromatic heterocycles. The van der Waals surface area contributed by atoms with Crippen molar-refractivity contribution < 1.29 is 14.3 Å². The molecule has 28 heavy (non-hydrogen) atoms. The third-order valence-corrected chi connectivity index (χ3v) is 3.97. The Balaban J connectivity index is 1.67. The molecule has 3 aromatic rings. The fourth-order valence-electron chi connectivity index (χ4n) is 2.63. The molecule has 2 aromatic carbocycles. The number of imidazole rings is 1. The number of H-pyrrole nitrogens is 2. The van der Waals surface area contributed by atoms with E-state index in [0.29, 0.717) is 40.7 Å². The zero-order valence-electron chi connectivity index (χ0n) is 16.0. The minimum absolute atomic E-state index is 0.281. The first-order valence-electron chi connectivity index (χ1n) is 8.96. The van der Waals surface area contributed by atoms with Gasteiger partial charge in [-0.15, -0.1) is 0 Å². The number of hydrogen-bond acceptors (Lipinski definition) is 4. The maximum atomic E-state index is 12.2. The van der Waals surface area contributed by atoms with Gasteiger partial charge >= 0.3 is 5.69 Å². The highest BCUT2D eigenvalue weighted by Crippen LogP contribution is 2.29. The lowest BCUT2D eigenvalue weighted by atomic mass is 10.2. The summed E-state index contributed by atoms with van der Waals surface area (Å²) >= 11 is 0. The van der Waals surface area contributed by atoms with Crippen molar-refractivity contribution in [3.63, 3.8) is 0 Å². The number of fused-ring (bicyclic) bond motifs is 1. The summed E-state index contributed by atoms with van der Waals surface area (Å²) in [6, 6.07) is 10.7. The quantitative estimate of drug-likeness (QED) is 0.545. The number of benzene rings is 2. The van der Waals surface area contributed by atoms with E-state index in [0.717, 1.165) is 5.56 Å². The number of nitrogens with one attached hydrogen (secondary N) is 3. The molecule has 0 saturated heterocycles. The fourth-order valence-corrected chi connectivity index (χ4v) is 2.63. The fraction of sp³-hybridized carbons (Fsp3) is 0.238. The van der Waals surface area contributed by atoms with Crippen LogP contribution in [-0.2, 0) is 4.79 Å². The molecule has 0 aliphatic rings. The summed E-state index contributed by atoms with van der Waals surface area (Å²) in [5.41, 5.74) is 2.44. The molecule has 146 valence electrons. The van der Waals surface area contributed by atoms with Gasteiger partial charge in [-0.05, 0) is 47.9 Å². The van der Waals surface area contributed by atoms with E-state index in [1.54, 1.807) is 31.4 Å². The summed E-state index contributed by atoms with van der Waals surface area (Å²) in [5.74, 6) is 1.42. The van der Waals surface area contributed by atoms with E-state index in [2.05, 4.69) is 29.1 Å². The van der Waals surface area contributed by atoms with Crippen molar-refractivity contribution in [2.75, 3.05) is 19.0 Å². The van der Waals surface area contributed by atoms with Crippen LogP contribution in [0.1, 0.15) is 19.4 Å². The van der Waals surface area contributed by atoms with Crippen molar-refractivity contribution in [3.05, 3.63) is 58.5 Å². The number of carbonyl (C=O) groups excluding carboxylic acids is 1. The van der Waals surface area contributed by atoms with Crippen LogP contribution in [0.5, 0.6) is 11.5 Å². The van der Waals surface area contributed by atoms with Crippen LogP contribution < -0.4 is 20.5 Å². The monoisotopic (exact) mass is 381 g/mol. The minimum atomic E-state index is -0.284. The van der Waals surface area contributed by atoms with Crippen molar-refractivity contribution in [2.24, 2.45) is 5.92 Å². The number of aromatic nitrogens is 2. The maximum Gasteiger partial charge on any atom is 0.323 e. The van der Waals surface area contributed by atoms with Crippen LogP contribution in [0.3, 0.4) is 0 Å². The van der Waals surface area contributed by atoms with E-state index in [9.17, 15) is 9.59 Å². The Morgan fingerprint density at radius 2 is 1.89 bits per heavy atom. The summed E-state index contributed by atoms with van der Waals surface area (Å²) in [4.78, 5) is 28.8. The Bertz CT molecular complexity index is 1060. The summed E-state index contributed by atoms with van der Waals surface area (Å²) in [7, 11) is 1.58. The molecule has 0 unspecified atom stereocenters. The van der Waals surface area contributed by atoms with Crippen LogP contribution in [0.4, 0.5) is 5.69 Å². The predicted molar refractivity (Wildman–Crippen MR) is 110 cm³/mol. The van der Waals surface area contributed by atoms with Gasteiger partial charge in [-0.1, -0.05) is 19.9 Å². The van der Waals surface area contributed by atoms with Gasteiger partial charge in [0.1, 0.15) is 0 Å². The topological polar surface area (TPSA) is 96.2 Å². The second-order valence-electron chi connectivity index (χ2n) is 6.78. The van der Waals surface area contributed by atoms with Crippen LogP contribution in [0.25, 0.3) is 17.1 Å². The minimum Gasteiger partial charge on any atom is -0.493 e. The second kappa shape index (κ2) is 8.47. The van der Waals surface area contributed by atoms with Crippen LogP contribution in [0.15, 0.2) is 47.3 Å². The number of methoxy groups -OCH3 is 1. The highest BCUT2D eigenvalue weighted by atomic mass is 16.5. The van der Waals surface area contributed by atoms with Crippen LogP contribution in [-0.4, -0.2) is 29.6 Å². The van der Waals surface area contributed by atoms with Gasteiger partial charge < -0.3 is 24.8 Å². The molecule has 3 rings (SSSR count). The largest absolute Gasteiger partial charge is 0.493 e. The average Bonchev–Trinajstić information content (AvgIpc) is 3.04. The Morgan fingerprint density at radius 1 is 1.11 bits per heavy atom. The molecule has 0 saturated carbocycles. The lowest BCUT2D eigenvalue weighted by Gasteiger charge is -2.12. The van der Waals surface area contributed by atoms with Crippen molar-refractivity contribution in [1.82, 2.24) is 9.97 Å². The van der Waals surface area contributed by atoms with Crippen molar-refractivity contribution in [3.8, 4) is 11.5 Å². The smallest absolute Gasteiger partial charge is 0.323 e. The SMILES string of the molecule is COc1cc(/C=C/C(=O)Nc2ccc3[nH]c(=O)[nH]c3c2)ccc1OCC(C)C. The van der Waals surface area contributed by atoms with Gasteiger partial charge in [0.2, 0.25) is 5.91 Å². The van der Waals surface area contributed by atoms with Crippen molar-refractivity contribution >= 4 is 28.7 Å². The number of rotatable bonds is 7. The van der Waals surface area contributed by atoms with Crippen LogP contribution in [0, 0.1) is 5.92 Å². The van der Waals surface area contributed by atoms with E-state index < -0.39 is 0 Å². The van der Waals surface area contributed by atoms with Gasteiger partial charge in [-0.3, -0.25) is 4.79 Å². The molecule has 0 atom stereocenters. The average molecular weight is 381 g/mol. The Labute approximate surface area is 162 Å². The lowest BCUT2D eigenvalue weighted by molar-refractivity contribution is -0.111. The van der Waals surface area contributed by atoms with Crippen molar-refractivity contribution in [2.45, 2.75) is 13.8 Å². The highest BCUT2D eigenvalue weighted by molar-refractivity contribution is 6.02. The normalized spacial score (nSPS) is 11.3. The molecule has 0 bridgehead atoms. The van der Waals surface area contributed by atoms with Gasteiger partial charge in [-0.25, -0.2) is 4.79 Å². The number of ether oxygens (including phenoxy) is 2. The van der Waals surface area contributed by atoms with Crippen LogP contribution >= 0.6 is 0 Å². The summed E-state index contributed by atoms with van der Waals surface area (Å²) in [6.45, 7) is 4.76. The molecule has 7 heteroatoms. The van der Waals surface area contributed by atoms with E-state index in [1.807, 2.05) is 18.2 Å². The summed E-state index contributed by atoms with van der Waals surface area (Å²) in [5, 5.41) is 2.77. The van der Waals surface area contributed by atoms with Gasteiger partial charge in [0, 0.05) is 11.8 Å². The van der Waals surface area contributed by atoms with E-state index >= 15 is 0 Å². The Morgan fingerprint density at radius 3 is 2.64 bits per heavy atom. The zero-order chi connectivity index (χ0) is 20.1. The number of aromatic amines is 2. The number of hydrogen-bond donors (Lipinski definition) is 3. The molecule has 0 aliphatic carbocycles. The van der Waals surface area contributed by atoms with Crippen molar-refractivity contribution in [1.29, 1.82) is 0 Å². The second-order valence-corrected chi connectivity index (χ2v) is 6.78. The molecule has 7 nitrogen and oxygen atoms in total. The summed E-state index contributed by atoms with van der Waals surface area (Å²) < 4.78 is 11.1. The highest BCUT2D eigenvalue weighted by Gasteiger charge is 2.07. The maximum absolute atomic E-state index is 12.2. The predicted octanol–water partition coefficient (Wildman–Crippen LogP) is 3.55. The number of carbonyl (C=O) groups is 1. The molecule has 1 amide bonds. The molecule has 0 spiro atoms. The lowest BCUT2D eigenvalue weighted by Crippen LogP contribution is -2.07. The third kappa shape index (κ3) is 4.82. The Kier molecular flexibility index (Phi) is 5.84. The first-order valence-corrected chi connectivity index (χ1v) is 8.96. The molecule has 0 aliphatic heterocycles. The molecule has 3 N–H and O–H groups in total.